The standard InChI is InChI=1S/C15H13ClN2O2S/c16-21(19,20)15-11-18(14-6-2-1-5-13(14)15)9-7-12-4-3-8-17-10-12/h1-6,8,10-11H,7,9H2. The summed E-state index contributed by atoms with van der Waals surface area (Å²) in [5.41, 5.74) is 1.96. The van der Waals surface area contributed by atoms with E-state index in [1.807, 2.05) is 35.0 Å². The van der Waals surface area contributed by atoms with Crippen LogP contribution in [0.15, 0.2) is 59.9 Å². The van der Waals surface area contributed by atoms with Crippen molar-refractivity contribution in [3.63, 3.8) is 0 Å². The first-order valence-corrected chi connectivity index (χ1v) is 8.78. The average molecular weight is 321 g/mol. The third-order valence-corrected chi connectivity index (χ3v) is 4.73. The minimum atomic E-state index is -3.75. The molecule has 0 amide bonds. The lowest BCUT2D eigenvalue weighted by Crippen LogP contribution is -2.00. The highest BCUT2D eigenvalue weighted by Crippen LogP contribution is 2.28. The maximum absolute atomic E-state index is 11.7. The lowest BCUT2D eigenvalue weighted by Gasteiger charge is -2.04. The molecule has 4 nitrogen and oxygen atoms in total. The maximum Gasteiger partial charge on any atom is 0.263 e. The highest BCUT2D eigenvalue weighted by atomic mass is 35.7. The molecule has 3 aromatic rings. The molecule has 0 saturated heterocycles. The maximum atomic E-state index is 11.7. The van der Waals surface area contributed by atoms with Crippen molar-refractivity contribution in [1.82, 2.24) is 9.55 Å². The zero-order valence-corrected chi connectivity index (χ0v) is 12.7. The Morgan fingerprint density at radius 1 is 1.14 bits per heavy atom. The summed E-state index contributed by atoms with van der Waals surface area (Å²) in [4.78, 5) is 4.24. The second-order valence-electron chi connectivity index (χ2n) is 4.75. The molecular formula is C15H13ClN2O2S. The van der Waals surface area contributed by atoms with Crippen LogP contribution < -0.4 is 0 Å². The second-order valence-corrected chi connectivity index (χ2v) is 7.29. The smallest absolute Gasteiger partial charge is 0.263 e. The summed E-state index contributed by atoms with van der Waals surface area (Å²) in [6.07, 6.45) is 5.91. The third kappa shape index (κ3) is 2.94. The Morgan fingerprint density at radius 2 is 1.95 bits per heavy atom. The van der Waals surface area contributed by atoms with Crippen LogP contribution in [0.4, 0.5) is 0 Å². The predicted molar refractivity (Wildman–Crippen MR) is 82.9 cm³/mol. The first-order chi connectivity index (χ1) is 10.1. The summed E-state index contributed by atoms with van der Waals surface area (Å²) in [6.45, 7) is 0.665. The number of benzene rings is 1. The Bertz CT molecular complexity index is 873. The van der Waals surface area contributed by atoms with E-state index in [2.05, 4.69) is 4.98 Å². The quantitative estimate of drug-likeness (QED) is 0.694. The molecule has 21 heavy (non-hydrogen) atoms. The number of para-hydroxylation sites is 1. The van der Waals surface area contributed by atoms with Crippen molar-refractivity contribution in [3.8, 4) is 0 Å². The molecule has 0 spiro atoms. The van der Waals surface area contributed by atoms with Gasteiger partial charge in [0.2, 0.25) is 0 Å². The molecule has 0 radical (unpaired) electrons. The Labute approximate surface area is 127 Å². The van der Waals surface area contributed by atoms with E-state index in [1.165, 1.54) is 0 Å². The van der Waals surface area contributed by atoms with Crippen molar-refractivity contribution in [2.45, 2.75) is 17.9 Å². The number of hydrogen-bond donors (Lipinski definition) is 0. The van der Waals surface area contributed by atoms with Gasteiger partial charge in [-0.25, -0.2) is 8.42 Å². The molecule has 0 aliphatic carbocycles. The molecule has 6 heteroatoms. The molecular weight excluding hydrogens is 308 g/mol. The van der Waals surface area contributed by atoms with E-state index >= 15 is 0 Å². The van der Waals surface area contributed by atoms with E-state index in [0.29, 0.717) is 11.9 Å². The molecule has 0 saturated carbocycles. The summed E-state index contributed by atoms with van der Waals surface area (Å²) in [7, 11) is 1.76. The van der Waals surface area contributed by atoms with Crippen LogP contribution >= 0.6 is 10.7 Å². The summed E-state index contributed by atoms with van der Waals surface area (Å²) >= 11 is 0. The fourth-order valence-corrected chi connectivity index (χ4v) is 3.45. The van der Waals surface area contributed by atoms with Crippen molar-refractivity contribution in [2.24, 2.45) is 0 Å². The Hall–Kier alpha value is -1.85. The number of hydrogen-bond acceptors (Lipinski definition) is 3. The molecule has 0 aliphatic rings. The van der Waals surface area contributed by atoms with Crippen molar-refractivity contribution in [1.29, 1.82) is 0 Å². The molecule has 1 aromatic carbocycles. The normalized spacial score (nSPS) is 11.9. The molecule has 2 aromatic heterocycles. The lowest BCUT2D eigenvalue weighted by molar-refractivity contribution is 0.609. The van der Waals surface area contributed by atoms with Crippen LogP contribution in [0, 0.1) is 0 Å². The van der Waals surface area contributed by atoms with Gasteiger partial charge in [0.25, 0.3) is 9.05 Å². The fourth-order valence-electron chi connectivity index (χ4n) is 2.39. The van der Waals surface area contributed by atoms with E-state index in [-0.39, 0.29) is 4.90 Å². The highest BCUT2D eigenvalue weighted by molar-refractivity contribution is 8.14. The molecule has 0 aliphatic heterocycles. The fraction of sp³-hybridized carbons (Fsp3) is 0.133. The van der Waals surface area contributed by atoms with Crippen molar-refractivity contribution >= 4 is 30.6 Å². The van der Waals surface area contributed by atoms with Gasteiger partial charge in [-0.2, -0.15) is 0 Å². The van der Waals surface area contributed by atoms with Crippen molar-refractivity contribution in [2.75, 3.05) is 0 Å². The molecule has 0 N–H and O–H groups in total. The van der Waals surface area contributed by atoms with E-state index in [9.17, 15) is 8.42 Å². The van der Waals surface area contributed by atoms with E-state index in [4.69, 9.17) is 10.7 Å². The Balaban J connectivity index is 1.99. The zero-order valence-electron chi connectivity index (χ0n) is 11.1. The highest BCUT2D eigenvalue weighted by Gasteiger charge is 2.18. The van der Waals surface area contributed by atoms with Gasteiger partial charge in [-0.3, -0.25) is 4.98 Å². The first kappa shape index (κ1) is 14.1. The van der Waals surface area contributed by atoms with Gasteiger partial charge < -0.3 is 4.57 Å². The van der Waals surface area contributed by atoms with Gasteiger partial charge in [-0.05, 0) is 24.1 Å². The minimum Gasteiger partial charge on any atom is -0.346 e. The van der Waals surface area contributed by atoms with Gasteiger partial charge in [0.1, 0.15) is 4.90 Å². The van der Waals surface area contributed by atoms with Crippen molar-refractivity contribution in [3.05, 3.63) is 60.6 Å². The molecule has 108 valence electrons. The molecule has 3 rings (SSSR count). The number of fused-ring (bicyclic) bond motifs is 1. The largest absolute Gasteiger partial charge is 0.346 e. The Kier molecular flexibility index (Phi) is 3.69. The molecule has 0 bridgehead atoms. The summed E-state index contributed by atoms with van der Waals surface area (Å²) in [5.74, 6) is 0. The van der Waals surface area contributed by atoms with Gasteiger partial charge in [0.05, 0.1) is 0 Å². The van der Waals surface area contributed by atoms with Gasteiger partial charge in [0, 0.05) is 46.7 Å². The van der Waals surface area contributed by atoms with Crippen LogP contribution in [-0.4, -0.2) is 18.0 Å². The molecule has 0 atom stereocenters. The number of rotatable bonds is 4. The number of aryl methyl sites for hydroxylation is 2. The summed E-state index contributed by atoms with van der Waals surface area (Å²) < 4.78 is 25.3. The van der Waals surface area contributed by atoms with E-state index in [0.717, 1.165) is 17.5 Å². The van der Waals surface area contributed by atoms with Crippen LogP contribution in [0.5, 0.6) is 0 Å². The monoisotopic (exact) mass is 320 g/mol. The summed E-state index contributed by atoms with van der Waals surface area (Å²) in [5, 5.41) is 0.652. The van der Waals surface area contributed by atoms with Crippen LogP contribution in [0.1, 0.15) is 5.56 Å². The SMILES string of the molecule is O=S(=O)(Cl)c1cn(CCc2cccnc2)c2ccccc12. The van der Waals surface area contributed by atoms with Crippen LogP contribution in [-0.2, 0) is 22.0 Å². The third-order valence-electron chi connectivity index (χ3n) is 3.38. The second kappa shape index (κ2) is 5.50. The molecule has 2 heterocycles. The molecule has 0 unspecified atom stereocenters. The minimum absolute atomic E-state index is 0.158. The lowest BCUT2D eigenvalue weighted by atomic mass is 10.2. The zero-order chi connectivity index (χ0) is 14.9. The van der Waals surface area contributed by atoms with Gasteiger partial charge in [-0.1, -0.05) is 24.3 Å². The predicted octanol–water partition coefficient (Wildman–Crippen LogP) is 3.21. The van der Waals surface area contributed by atoms with E-state index in [1.54, 1.807) is 24.5 Å². The number of pyridine rings is 1. The van der Waals surface area contributed by atoms with Crippen molar-refractivity contribution < 1.29 is 8.42 Å². The summed E-state index contributed by atoms with van der Waals surface area (Å²) in [6, 6.07) is 11.2. The van der Waals surface area contributed by atoms with Crippen LogP contribution in [0.2, 0.25) is 0 Å². The number of aromatic nitrogens is 2. The number of nitrogens with zero attached hydrogens (tertiary/aromatic N) is 2. The van der Waals surface area contributed by atoms with Crippen LogP contribution in [0.3, 0.4) is 0 Å². The van der Waals surface area contributed by atoms with Crippen LogP contribution in [0.25, 0.3) is 10.9 Å². The average Bonchev–Trinajstić information content (AvgIpc) is 2.85. The Morgan fingerprint density at radius 3 is 2.67 bits per heavy atom. The number of halogens is 1. The topological polar surface area (TPSA) is 52.0 Å². The first-order valence-electron chi connectivity index (χ1n) is 6.47. The van der Waals surface area contributed by atoms with Gasteiger partial charge >= 0.3 is 0 Å². The molecule has 0 fully saturated rings. The van der Waals surface area contributed by atoms with Gasteiger partial charge in [0.15, 0.2) is 0 Å². The van der Waals surface area contributed by atoms with E-state index < -0.39 is 9.05 Å². The van der Waals surface area contributed by atoms with Gasteiger partial charge in [-0.15, -0.1) is 0 Å².